The maximum absolute atomic E-state index is 14.2. The number of carbonyl (C=O) groups is 2. The molecule has 4 aliphatic rings. The zero-order valence-electron chi connectivity index (χ0n) is 20.5. The number of carbonyl (C=O) groups excluding carboxylic acids is 2. The van der Waals surface area contributed by atoms with Gasteiger partial charge in [-0.2, -0.15) is 0 Å². The molecule has 33 heavy (non-hydrogen) atoms. The van der Waals surface area contributed by atoms with Crippen LogP contribution in [0.15, 0.2) is 34.4 Å². The Labute approximate surface area is 194 Å². The zero-order valence-corrected chi connectivity index (χ0v) is 20.5. The Bertz CT molecular complexity index is 1020. The summed E-state index contributed by atoms with van der Waals surface area (Å²) in [5, 5.41) is 46.0. The molecule has 0 aromatic heterocycles. The third kappa shape index (κ3) is 2.76. The van der Waals surface area contributed by atoms with Gasteiger partial charge in [0, 0.05) is 22.8 Å². The minimum absolute atomic E-state index is 0.161. The Hall–Kier alpha value is -1.80. The lowest BCUT2D eigenvalue weighted by Crippen LogP contribution is -2.65. The number of rotatable bonds is 3. The van der Waals surface area contributed by atoms with Crippen LogP contribution in [0.4, 0.5) is 0 Å². The molecule has 4 rings (SSSR count). The second-order valence-corrected chi connectivity index (χ2v) is 11.4. The van der Waals surface area contributed by atoms with Crippen LogP contribution in [0.2, 0.25) is 0 Å². The van der Waals surface area contributed by atoms with Crippen LogP contribution in [-0.4, -0.2) is 62.2 Å². The van der Waals surface area contributed by atoms with Gasteiger partial charge >= 0.3 is 5.97 Å². The number of allylic oxidation sites excluding steroid dienone is 2. The SMILES string of the molecule is CC1=C[C@]23C(=O)[C@@H](C=C(COC(=O)C(C)=C(C)C)[C@@H](O)[C@]2(O)[C@H]1O)[C@@H]1C(C)(C)[C@]1(O)C[C@H]3C. The van der Waals surface area contributed by atoms with Gasteiger partial charge in [0.15, 0.2) is 5.78 Å². The fraction of sp³-hybridized carbons (Fsp3) is 0.692. The van der Waals surface area contributed by atoms with Gasteiger partial charge in [-0.05, 0) is 51.2 Å². The average molecular weight is 461 g/mol. The molecule has 2 fully saturated rings. The molecule has 7 heteroatoms. The Balaban J connectivity index is 1.86. The van der Waals surface area contributed by atoms with E-state index in [0.29, 0.717) is 11.1 Å². The number of ketones is 1. The van der Waals surface area contributed by atoms with Crippen LogP contribution in [0.1, 0.15) is 54.9 Å². The van der Waals surface area contributed by atoms with Crippen molar-refractivity contribution in [2.75, 3.05) is 6.61 Å². The molecule has 7 nitrogen and oxygen atoms in total. The van der Waals surface area contributed by atoms with Gasteiger partial charge in [-0.1, -0.05) is 38.5 Å². The van der Waals surface area contributed by atoms with Crippen molar-refractivity contribution in [1.29, 1.82) is 0 Å². The molecule has 1 spiro atoms. The Morgan fingerprint density at radius 2 is 1.76 bits per heavy atom. The summed E-state index contributed by atoms with van der Waals surface area (Å²) in [5.41, 5.74) is -3.67. The third-order valence-corrected chi connectivity index (χ3v) is 9.34. The van der Waals surface area contributed by atoms with E-state index in [4.69, 9.17) is 4.74 Å². The summed E-state index contributed by atoms with van der Waals surface area (Å²) in [6, 6.07) is 0. The van der Waals surface area contributed by atoms with E-state index >= 15 is 0 Å². The maximum Gasteiger partial charge on any atom is 0.333 e. The van der Waals surface area contributed by atoms with Gasteiger partial charge < -0.3 is 25.2 Å². The molecule has 0 radical (unpaired) electrons. The predicted octanol–water partition coefficient (Wildman–Crippen LogP) is 1.84. The standard InChI is InChI=1S/C26H36O7/c1-12(2)15(5)22(30)33-11-16-8-17-18-23(6,7)25(18,31)10-14(4)24(21(17)29)9-13(3)19(27)26(24,32)20(16)28/h8-9,14,17-20,27-28,31-32H,10-11H2,1-7H3/t14-,17+,18-,19+,20-,24+,25+,26-/m1/s1. The first kappa shape index (κ1) is 24.3. The summed E-state index contributed by atoms with van der Waals surface area (Å²) < 4.78 is 5.44. The first-order chi connectivity index (χ1) is 15.1. The maximum atomic E-state index is 14.2. The first-order valence-corrected chi connectivity index (χ1v) is 11.6. The van der Waals surface area contributed by atoms with E-state index in [1.807, 2.05) is 13.8 Å². The summed E-state index contributed by atoms with van der Waals surface area (Å²) in [6.07, 6.45) is 0.307. The predicted molar refractivity (Wildman–Crippen MR) is 121 cm³/mol. The van der Waals surface area contributed by atoms with Gasteiger partial charge in [0.25, 0.3) is 0 Å². The lowest BCUT2D eigenvalue weighted by molar-refractivity contribution is -0.191. The quantitative estimate of drug-likeness (QED) is 0.288. The van der Waals surface area contributed by atoms with Crippen molar-refractivity contribution in [3.05, 3.63) is 34.4 Å². The number of hydrogen-bond acceptors (Lipinski definition) is 7. The normalized spacial score (nSPS) is 45.1. The van der Waals surface area contributed by atoms with Gasteiger partial charge in [0.1, 0.15) is 24.4 Å². The Kier molecular flexibility index (Phi) is 5.24. The van der Waals surface area contributed by atoms with E-state index < -0.39 is 58.0 Å². The fourth-order valence-corrected chi connectivity index (χ4v) is 6.98. The van der Waals surface area contributed by atoms with Crippen LogP contribution < -0.4 is 0 Å². The Morgan fingerprint density at radius 1 is 1.15 bits per heavy atom. The summed E-state index contributed by atoms with van der Waals surface area (Å²) in [5.74, 6) is -2.63. The Morgan fingerprint density at radius 3 is 2.33 bits per heavy atom. The summed E-state index contributed by atoms with van der Waals surface area (Å²) in [7, 11) is 0. The van der Waals surface area contributed by atoms with Crippen molar-refractivity contribution in [1.82, 2.24) is 0 Å². The van der Waals surface area contributed by atoms with E-state index in [-0.39, 0.29) is 24.4 Å². The van der Waals surface area contributed by atoms with E-state index in [0.717, 1.165) is 5.57 Å². The van der Waals surface area contributed by atoms with Crippen LogP contribution in [0.25, 0.3) is 0 Å². The molecule has 0 aromatic rings. The first-order valence-electron chi connectivity index (χ1n) is 11.6. The molecule has 0 amide bonds. The van der Waals surface area contributed by atoms with Crippen molar-refractivity contribution >= 4 is 11.8 Å². The minimum atomic E-state index is -2.23. The topological polar surface area (TPSA) is 124 Å². The molecular formula is C26H36O7. The molecule has 182 valence electrons. The second-order valence-electron chi connectivity index (χ2n) is 11.4. The summed E-state index contributed by atoms with van der Waals surface area (Å²) in [6.45, 7) is 12.1. The van der Waals surface area contributed by atoms with Crippen molar-refractivity contribution in [2.45, 2.75) is 78.3 Å². The molecule has 0 unspecified atom stereocenters. The lowest BCUT2D eigenvalue weighted by Gasteiger charge is -2.48. The highest BCUT2D eigenvalue weighted by Crippen LogP contribution is 2.73. The van der Waals surface area contributed by atoms with Gasteiger partial charge in [-0.15, -0.1) is 0 Å². The number of hydrogen-bond donors (Lipinski definition) is 4. The molecule has 0 aromatic carbocycles. The zero-order chi connectivity index (χ0) is 24.9. The fourth-order valence-electron chi connectivity index (χ4n) is 6.98. The van der Waals surface area contributed by atoms with Gasteiger partial charge in [-0.3, -0.25) is 4.79 Å². The van der Waals surface area contributed by atoms with Crippen molar-refractivity contribution in [3.63, 3.8) is 0 Å². The highest BCUT2D eigenvalue weighted by atomic mass is 16.5. The highest BCUT2D eigenvalue weighted by Gasteiger charge is 2.81. The van der Waals surface area contributed by atoms with Crippen molar-refractivity contribution in [2.24, 2.45) is 28.6 Å². The summed E-state index contributed by atoms with van der Waals surface area (Å²) in [4.78, 5) is 26.6. The second kappa shape index (κ2) is 7.11. The lowest BCUT2D eigenvalue weighted by atomic mass is 9.59. The molecule has 0 saturated heterocycles. The van der Waals surface area contributed by atoms with E-state index in [9.17, 15) is 30.0 Å². The average Bonchev–Trinajstić information content (AvgIpc) is 3.11. The molecule has 4 N–H and O–H groups in total. The van der Waals surface area contributed by atoms with Gasteiger partial charge in [0.2, 0.25) is 0 Å². The van der Waals surface area contributed by atoms with Crippen LogP contribution in [0, 0.1) is 28.6 Å². The van der Waals surface area contributed by atoms with Crippen LogP contribution >= 0.6 is 0 Å². The van der Waals surface area contributed by atoms with Crippen LogP contribution in [0.3, 0.4) is 0 Å². The number of esters is 1. The molecule has 8 atom stereocenters. The number of ether oxygens (including phenoxy) is 1. The molecule has 2 bridgehead atoms. The van der Waals surface area contributed by atoms with Gasteiger partial charge in [-0.25, -0.2) is 4.79 Å². The smallest absolute Gasteiger partial charge is 0.333 e. The van der Waals surface area contributed by atoms with Gasteiger partial charge in [0.05, 0.1) is 11.0 Å². The van der Waals surface area contributed by atoms with E-state index in [1.165, 1.54) is 0 Å². The summed E-state index contributed by atoms with van der Waals surface area (Å²) >= 11 is 0. The number of fused-ring (bicyclic) bond motifs is 3. The van der Waals surface area contributed by atoms with Crippen molar-refractivity contribution < 1.29 is 34.8 Å². The van der Waals surface area contributed by atoms with E-state index in [1.54, 1.807) is 46.8 Å². The molecular weight excluding hydrogens is 424 g/mol. The van der Waals surface area contributed by atoms with E-state index in [2.05, 4.69) is 0 Å². The number of Topliss-reactive ketones (excluding diaryl/α,β-unsaturated/α-hetero) is 1. The molecule has 0 heterocycles. The molecule has 2 saturated carbocycles. The van der Waals surface area contributed by atoms with Crippen molar-refractivity contribution in [3.8, 4) is 0 Å². The van der Waals surface area contributed by atoms with Crippen LogP contribution in [-0.2, 0) is 14.3 Å². The monoisotopic (exact) mass is 460 g/mol. The minimum Gasteiger partial charge on any atom is -0.458 e. The molecule has 4 aliphatic carbocycles. The third-order valence-electron chi connectivity index (χ3n) is 9.34. The number of aliphatic hydroxyl groups excluding tert-OH is 2. The van der Waals surface area contributed by atoms with Crippen LogP contribution in [0.5, 0.6) is 0 Å². The molecule has 0 aliphatic heterocycles. The highest BCUT2D eigenvalue weighted by molar-refractivity contribution is 5.95. The largest absolute Gasteiger partial charge is 0.458 e. The number of aliphatic hydroxyl groups is 4.